The lowest BCUT2D eigenvalue weighted by atomic mass is 10.3. The van der Waals surface area contributed by atoms with Crippen LogP contribution in [0.3, 0.4) is 0 Å². The van der Waals surface area contributed by atoms with E-state index in [1.165, 1.54) is 4.52 Å². The number of hydrogen-bond donors (Lipinski definition) is 0. The standard InChI is InChI=1S/C6H4N4O/c11-4-5-1-2-6-7-8-9-10(6)3-5/h1-4H. The summed E-state index contributed by atoms with van der Waals surface area (Å²) in [7, 11) is 0. The predicted molar refractivity (Wildman–Crippen MR) is 36.2 cm³/mol. The van der Waals surface area contributed by atoms with E-state index in [1.54, 1.807) is 18.3 Å². The third kappa shape index (κ3) is 0.861. The summed E-state index contributed by atoms with van der Waals surface area (Å²) in [6, 6.07) is 3.35. The van der Waals surface area contributed by atoms with Gasteiger partial charge in [0.25, 0.3) is 0 Å². The van der Waals surface area contributed by atoms with Gasteiger partial charge in [0.15, 0.2) is 11.9 Å². The molecule has 0 aliphatic rings. The average Bonchev–Trinajstić information content (AvgIpc) is 2.50. The van der Waals surface area contributed by atoms with E-state index in [9.17, 15) is 4.79 Å². The van der Waals surface area contributed by atoms with Gasteiger partial charge in [0.05, 0.1) is 0 Å². The zero-order valence-electron chi connectivity index (χ0n) is 5.51. The van der Waals surface area contributed by atoms with Crippen molar-refractivity contribution in [2.45, 2.75) is 0 Å². The van der Waals surface area contributed by atoms with Crippen LogP contribution < -0.4 is 0 Å². The Balaban J connectivity index is 2.76. The molecule has 0 aliphatic heterocycles. The molecule has 0 radical (unpaired) electrons. The smallest absolute Gasteiger partial charge is 0.179 e. The maximum atomic E-state index is 10.3. The van der Waals surface area contributed by atoms with Crippen molar-refractivity contribution in [2.75, 3.05) is 0 Å². The maximum Gasteiger partial charge on any atom is 0.179 e. The van der Waals surface area contributed by atoms with Crippen LogP contribution in [0.2, 0.25) is 0 Å². The lowest BCUT2D eigenvalue weighted by Gasteiger charge is -1.88. The van der Waals surface area contributed by atoms with Crippen LogP contribution in [0.25, 0.3) is 5.65 Å². The molecule has 0 bridgehead atoms. The van der Waals surface area contributed by atoms with Crippen molar-refractivity contribution in [3.05, 3.63) is 23.9 Å². The first kappa shape index (κ1) is 5.96. The summed E-state index contributed by atoms with van der Waals surface area (Å²) >= 11 is 0. The molecule has 2 rings (SSSR count). The Bertz CT molecular complexity index is 394. The fourth-order valence-corrected chi connectivity index (χ4v) is 0.827. The molecule has 54 valence electrons. The summed E-state index contributed by atoms with van der Waals surface area (Å²) in [5, 5.41) is 10.7. The molecular formula is C6H4N4O. The number of pyridine rings is 1. The Morgan fingerprint density at radius 3 is 3.18 bits per heavy atom. The van der Waals surface area contributed by atoms with Crippen molar-refractivity contribution in [3.63, 3.8) is 0 Å². The van der Waals surface area contributed by atoms with Crippen LogP contribution in [-0.2, 0) is 0 Å². The molecule has 0 aliphatic carbocycles. The summed E-state index contributed by atoms with van der Waals surface area (Å²) in [6.45, 7) is 0. The van der Waals surface area contributed by atoms with Crippen LogP contribution in [0.1, 0.15) is 10.4 Å². The number of aromatic nitrogens is 4. The fourth-order valence-electron chi connectivity index (χ4n) is 0.827. The molecule has 0 atom stereocenters. The second kappa shape index (κ2) is 2.12. The number of nitrogens with zero attached hydrogens (tertiary/aromatic N) is 4. The SMILES string of the molecule is O=Cc1ccc2nnnn2c1. The Kier molecular flexibility index (Phi) is 1.15. The van der Waals surface area contributed by atoms with Gasteiger partial charge in [-0.1, -0.05) is 0 Å². The molecular weight excluding hydrogens is 144 g/mol. The molecule has 0 fully saturated rings. The van der Waals surface area contributed by atoms with Gasteiger partial charge < -0.3 is 0 Å². The van der Waals surface area contributed by atoms with Crippen LogP contribution in [0, 0.1) is 0 Å². The summed E-state index contributed by atoms with van der Waals surface area (Å²) in [4.78, 5) is 10.3. The predicted octanol–water partition coefficient (Wildman–Crippen LogP) is -0.0632. The minimum absolute atomic E-state index is 0.560. The Hall–Kier alpha value is -1.78. The lowest BCUT2D eigenvalue weighted by Crippen LogP contribution is -1.89. The van der Waals surface area contributed by atoms with E-state index in [4.69, 9.17) is 0 Å². The quantitative estimate of drug-likeness (QED) is 0.531. The highest BCUT2D eigenvalue weighted by molar-refractivity contribution is 5.74. The number of carbonyl (C=O) groups excluding carboxylic acids is 1. The zero-order chi connectivity index (χ0) is 7.68. The molecule has 11 heavy (non-hydrogen) atoms. The largest absolute Gasteiger partial charge is 0.298 e. The van der Waals surface area contributed by atoms with E-state index in [0.29, 0.717) is 11.2 Å². The van der Waals surface area contributed by atoms with Crippen LogP contribution >= 0.6 is 0 Å². The summed E-state index contributed by atoms with van der Waals surface area (Å²) in [6.07, 6.45) is 2.32. The van der Waals surface area contributed by atoms with Gasteiger partial charge in [-0.05, 0) is 22.6 Å². The minimum Gasteiger partial charge on any atom is -0.298 e. The molecule has 0 saturated heterocycles. The van der Waals surface area contributed by atoms with E-state index in [0.717, 1.165) is 6.29 Å². The Labute approximate surface area is 61.6 Å². The first-order valence-corrected chi connectivity index (χ1v) is 3.03. The summed E-state index contributed by atoms with van der Waals surface area (Å²) in [5.74, 6) is 0. The zero-order valence-corrected chi connectivity index (χ0v) is 5.51. The molecule has 0 spiro atoms. The Morgan fingerprint density at radius 2 is 2.36 bits per heavy atom. The molecule has 0 unspecified atom stereocenters. The molecule has 5 nitrogen and oxygen atoms in total. The molecule has 0 amide bonds. The maximum absolute atomic E-state index is 10.3. The third-order valence-electron chi connectivity index (χ3n) is 1.35. The van der Waals surface area contributed by atoms with E-state index in [2.05, 4.69) is 15.5 Å². The number of fused-ring (bicyclic) bond motifs is 1. The van der Waals surface area contributed by atoms with Gasteiger partial charge >= 0.3 is 0 Å². The summed E-state index contributed by atoms with van der Waals surface area (Å²) in [5.41, 5.74) is 1.19. The van der Waals surface area contributed by atoms with E-state index >= 15 is 0 Å². The summed E-state index contributed by atoms with van der Waals surface area (Å²) < 4.78 is 1.45. The first-order valence-electron chi connectivity index (χ1n) is 3.03. The van der Waals surface area contributed by atoms with Gasteiger partial charge in [0.2, 0.25) is 0 Å². The normalized spacial score (nSPS) is 10.2. The molecule has 2 aromatic rings. The highest BCUT2D eigenvalue weighted by Crippen LogP contribution is 1.98. The first-order chi connectivity index (χ1) is 5.40. The van der Waals surface area contributed by atoms with Crippen molar-refractivity contribution in [1.82, 2.24) is 20.0 Å². The number of tetrazole rings is 1. The van der Waals surface area contributed by atoms with E-state index in [-0.39, 0.29) is 0 Å². The highest BCUT2D eigenvalue weighted by Gasteiger charge is 1.95. The number of carbonyl (C=O) groups is 1. The number of hydrogen-bond acceptors (Lipinski definition) is 4. The van der Waals surface area contributed by atoms with Gasteiger partial charge in [-0.15, -0.1) is 5.10 Å². The fraction of sp³-hybridized carbons (Fsp3) is 0. The van der Waals surface area contributed by atoms with Gasteiger partial charge in [-0.25, -0.2) is 0 Å². The molecule has 0 saturated carbocycles. The van der Waals surface area contributed by atoms with Crippen LogP contribution in [0.4, 0.5) is 0 Å². The second-order valence-corrected chi connectivity index (χ2v) is 2.06. The van der Waals surface area contributed by atoms with Crippen molar-refractivity contribution in [2.24, 2.45) is 0 Å². The van der Waals surface area contributed by atoms with E-state index < -0.39 is 0 Å². The van der Waals surface area contributed by atoms with Crippen molar-refractivity contribution >= 4 is 11.9 Å². The molecule has 0 aromatic carbocycles. The number of rotatable bonds is 1. The second-order valence-electron chi connectivity index (χ2n) is 2.06. The molecule has 5 heteroatoms. The van der Waals surface area contributed by atoms with Gasteiger partial charge in [-0.3, -0.25) is 4.79 Å². The monoisotopic (exact) mass is 148 g/mol. The van der Waals surface area contributed by atoms with E-state index in [1.807, 2.05) is 0 Å². The number of aldehydes is 1. The molecule has 2 heterocycles. The Morgan fingerprint density at radius 1 is 1.45 bits per heavy atom. The van der Waals surface area contributed by atoms with Crippen LogP contribution in [-0.4, -0.2) is 26.3 Å². The molecule has 0 N–H and O–H groups in total. The highest BCUT2D eigenvalue weighted by atomic mass is 16.1. The van der Waals surface area contributed by atoms with Crippen LogP contribution in [0.15, 0.2) is 18.3 Å². The molecule has 2 aromatic heterocycles. The van der Waals surface area contributed by atoms with Gasteiger partial charge in [0, 0.05) is 11.8 Å². The lowest BCUT2D eigenvalue weighted by molar-refractivity contribution is 0.112. The van der Waals surface area contributed by atoms with Crippen molar-refractivity contribution < 1.29 is 4.79 Å². The van der Waals surface area contributed by atoms with Crippen LogP contribution in [0.5, 0.6) is 0 Å². The van der Waals surface area contributed by atoms with Gasteiger partial charge in [0.1, 0.15) is 0 Å². The minimum atomic E-state index is 0.560. The van der Waals surface area contributed by atoms with Gasteiger partial charge in [-0.2, -0.15) is 4.52 Å². The third-order valence-corrected chi connectivity index (χ3v) is 1.35. The van der Waals surface area contributed by atoms with Crippen molar-refractivity contribution in [3.8, 4) is 0 Å². The topological polar surface area (TPSA) is 60.2 Å². The average molecular weight is 148 g/mol. The van der Waals surface area contributed by atoms with Crippen molar-refractivity contribution in [1.29, 1.82) is 0 Å².